The van der Waals surface area contributed by atoms with Crippen molar-refractivity contribution < 1.29 is 4.39 Å². The summed E-state index contributed by atoms with van der Waals surface area (Å²) in [5.41, 5.74) is 2.40. The fraction of sp³-hybridized carbons (Fsp3) is 0.435. The Bertz CT molecular complexity index is 800. The largest absolute Gasteiger partial charge is 0.371 e. The number of benzene rings is 2. The van der Waals surface area contributed by atoms with E-state index in [2.05, 4.69) is 55.3 Å². The molecule has 0 aromatic heterocycles. The second-order valence-electron chi connectivity index (χ2n) is 7.81. The van der Waals surface area contributed by atoms with Crippen molar-refractivity contribution in [2.24, 2.45) is 10.9 Å². The zero-order valence-electron chi connectivity index (χ0n) is 17.1. The normalized spacial score (nSPS) is 20.3. The summed E-state index contributed by atoms with van der Waals surface area (Å²) in [4.78, 5) is 11.6. The highest BCUT2D eigenvalue weighted by Gasteiger charge is 2.24. The van der Waals surface area contributed by atoms with Crippen molar-refractivity contribution in [1.82, 2.24) is 10.2 Å². The standard InChI is InChI=1S/C23H30FN5/c1-25-23(26-17-19-11-12-29(18-19)21-5-3-2-4-6-21)28-15-13-27(14-16-28)22-9-7-20(24)8-10-22/h2-10,19H,11-18H2,1H3,(H,25,26). The highest BCUT2D eigenvalue weighted by atomic mass is 19.1. The molecule has 2 aromatic carbocycles. The Hall–Kier alpha value is -2.76. The molecule has 1 N–H and O–H groups in total. The van der Waals surface area contributed by atoms with Crippen LogP contribution in [0.3, 0.4) is 0 Å². The predicted octanol–water partition coefficient (Wildman–Crippen LogP) is 3.05. The smallest absolute Gasteiger partial charge is 0.193 e. The molecule has 1 unspecified atom stereocenters. The number of aliphatic imine (C=N–C) groups is 1. The van der Waals surface area contributed by atoms with Crippen molar-refractivity contribution in [3.63, 3.8) is 0 Å². The van der Waals surface area contributed by atoms with Gasteiger partial charge in [0.2, 0.25) is 0 Å². The second-order valence-corrected chi connectivity index (χ2v) is 7.81. The van der Waals surface area contributed by atoms with Crippen LogP contribution < -0.4 is 15.1 Å². The van der Waals surface area contributed by atoms with E-state index < -0.39 is 0 Å². The highest BCUT2D eigenvalue weighted by molar-refractivity contribution is 5.80. The molecule has 0 bridgehead atoms. The molecule has 1 atom stereocenters. The van der Waals surface area contributed by atoms with Gasteiger partial charge in [-0.1, -0.05) is 18.2 Å². The molecule has 0 spiro atoms. The van der Waals surface area contributed by atoms with Crippen LogP contribution >= 0.6 is 0 Å². The summed E-state index contributed by atoms with van der Waals surface area (Å²) in [6.07, 6.45) is 1.21. The van der Waals surface area contributed by atoms with Crippen LogP contribution in [0, 0.1) is 11.7 Å². The lowest BCUT2D eigenvalue weighted by Crippen LogP contribution is -2.53. The molecule has 0 aliphatic carbocycles. The van der Waals surface area contributed by atoms with Crippen LogP contribution in [0.4, 0.5) is 15.8 Å². The number of guanidine groups is 1. The zero-order valence-corrected chi connectivity index (χ0v) is 17.1. The molecule has 2 aromatic rings. The summed E-state index contributed by atoms with van der Waals surface area (Å²) >= 11 is 0. The van der Waals surface area contributed by atoms with Crippen molar-refractivity contribution in [1.29, 1.82) is 0 Å². The Morgan fingerprint density at radius 2 is 1.62 bits per heavy atom. The number of para-hydroxylation sites is 1. The molecule has 2 heterocycles. The summed E-state index contributed by atoms with van der Waals surface area (Å²) in [5.74, 6) is 1.43. The van der Waals surface area contributed by atoms with E-state index in [0.717, 1.165) is 57.5 Å². The van der Waals surface area contributed by atoms with E-state index in [0.29, 0.717) is 5.92 Å². The lowest BCUT2D eigenvalue weighted by Gasteiger charge is -2.38. The topological polar surface area (TPSA) is 34.1 Å². The van der Waals surface area contributed by atoms with E-state index in [1.54, 1.807) is 0 Å². The van der Waals surface area contributed by atoms with Gasteiger partial charge in [0.25, 0.3) is 0 Å². The quantitative estimate of drug-likeness (QED) is 0.637. The fourth-order valence-corrected chi connectivity index (χ4v) is 4.27. The first-order valence-electron chi connectivity index (χ1n) is 10.5. The Morgan fingerprint density at radius 1 is 0.931 bits per heavy atom. The van der Waals surface area contributed by atoms with Crippen LogP contribution in [0.2, 0.25) is 0 Å². The minimum atomic E-state index is -0.185. The average molecular weight is 396 g/mol. The average Bonchev–Trinajstić information content (AvgIpc) is 3.25. The van der Waals surface area contributed by atoms with Crippen LogP contribution in [0.15, 0.2) is 59.6 Å². The number of hydrogen-bond acceptors (Lipinski definition) is 3. The number of anilines is 2. The molecule has 5 nitrogen and oxygen atoms in total. The van der Waals surface area contributed by atoms with E-state index >= 15 is 0 Å². The molecule has 2 saturated heterocycles. The summed E-state index contributed by atoms with van der Waals surface area (Å²) in [7, 11) is 1.86. The van der Waals surface area contributed by atoms with Gasteiger partial charge in [-0.3, -0.25) is 4.99 Å². The van der Waals surface area contributed by atoms with Gasteiger partial charge in [-0.15, -0.1) is 0 Å². The summed E-state index contributed by atoms with van der Waals surface area (Å²) in [6, 6.07) is 17.4. The van der Waals surface area contributed by atoms with Gasteiger partial charge in [-0.2, -0.15) is 0 Å². The van der Waals surface area contributed by atoms with Gasteiger partial charge in [-0.05, 0) is 48.7 Å². The van der Waals surface area contributed by atoms with E-state index in [1.807, 2.05) is 19.2 Å². The molecule has 0 saturated carbocycles. The van der Waals surface area contributed by atoms with Gasteiger partial charge >= 0.3 is 0 Å². The Labute approximate surface area is 172 Å². The fourth-order valence-electron chi connectivity index (χ4n) is 4.27. The van der Waals surface area contributed by atoms with E-state index in [4.69, 9.17) is 0 Å². The first kappa shape index (κ1) is 19.6. The van der Waals surface area contributed by atoms with Crippen molar-refractivity contribution in [2.75, 3.05) is 62.7 Å². The molecular formula is C23H30FN5. The van der Waals surface area contributed by atoms with Gasteiger partial charge in [-0.25, -0.2) is 4.39 Å². The van der Waals surface area contributed by atoms with Crippen LogP contribution in [0.5, 0.6) is 0 Å². The summed E-state index contributed by atoms with van der Waals surface area (Å²) in [5, 5.41) is 3.60. The van der Waals surface area contributed by atoms with Crippen molar-refractivity contribution in [2.45, 2.75) is 6.42 Å². The maximum Gasteiger partial charge on any atom is 0.193 e. The van der Waals surface area contributed by atoms with Gasteiger partial charge < -0.3 is 20.0 Å². The first-order chi connectivity index (χ1) is 14.2. The second kappa shape index (κ2) is 9.16. The number of nitrogens with one attached hydrogen (secondary N) is 1. The lowest BCUT2D eigenvalue weighted by atomic mass is 10.1. The number of rotatable bonds is 4. The highest BCUT2D eigenvalue weighted by Crippen LogP contribution is 2.23. The molecule has 29 heavy (non-hydrogen) atoms. The van der Waals surface area contributed by atoms with Gasteiger partial charge in [0, 0.05) is 64.2 Å². The third-order valence-electron chi connectivity index (χ3n) is 5.94. The SMILES string of the molecule is CN=C(NCC1CCN(c2ccccc2)C1)N1CCN(c2ccc(F)cc2)CC1. The molecule has 154 valence electrons. The summed E-state index contributed by atoms with van der Waals surface area (Å²) in [6.45, 7) is 6.82. The maximum atomic E-state index is 13.1. The van der Waals surface area contributed by atoms with Crippen LogP contribution in [0.25, 0.3) is 0 Å². The predicted molar refractivity (Wildman–Crippen MR) is 118 cm³/mol. The molecule has 2 fully saturated rings. The maximum absolute atomic E-state index is 13.1. The van der Waals surface area contributed by atoms with E-state index in [1.165, 1.54) is 24.2 Å². The number of halogens is 1. The van der Waals surface area contributed by atoms with Crippen molar-refractivity contribution in [3.05, 3.63) is 60.4 Å². The third-order valence-corrected chi connectivity index (χ3v) is 5.94. The molecule has 6 heteroatoms. The lowest BCUT2D eigenvalue weighted by molar-refractivity contribution is 0.369. The number of piperazine rings is 1. The number of nitrogens with zero attached hydrogens (tertiary/aromatic N) is 4. The van der Waals surface area contributed by atoms with Gasteiger partial charge in [0.05, 0.1) is 0 Å². The van der Waals surface area contributed by atoms with Gasteiger partial charge in [0.15, 0.2) is 5.96 Å². The molecule has 2 aliphatic rings. The van der Waals surface area contributed by atoms with Gasteiger partial charge in [0.1, 0.15) is 5.82 Å². The Kier molecular flexibility index (Phi) is 6.17. The molecule has 0 amide bonds. The Balaban J connectivity index is 1.25. The van der Waals surface area contributed by atoms with E-state index in [9.17, 15) is 4.39 Å². The minimum Gasteiger partial charge on any atom is -0.371 e. The van der Waals surface area contributed by atoms with E-state index in [-0.39, 0.29) is 5.82 Å². The minimum absolute atomic E-state index is 0.185. The monoisotopic (exact) mass is 395 g/mol. The first-order valence-corrected chi connectivity index (χ1v) is 10.5. The van der Waals surface area contributed by atoms with Crippen molar-refractivity contribution in [3.8, 4) is 0 Å². The van der Waals surface area contributed by atoms with Crippen LogP contribution in [-0.4, -0.2) is 63.7 Å². The Morgan fingerprint density at radius 3 is 2.31 bits per heavy atom. The molecule has 0 radical (unpaired) electrons. The van der Waals surface area contributed by atoms with Crippen LogP contribution in [-0.2, 0) is 0 Å². The molecule has 2 aliphatic heterocycles. The molecular weight excluding hydrogens is 365 g/mol. The molecule has 4 rings (SSSR count). The number of hydrogen-bond donors (Lipinski definition) is 1. The van der Waals surface area contributed by atoms with Crippen LogP contribution in [0.1, 0.15) is 6.42 Å². The third kappa shape index (κ3) is 4.81. The van der Waals surface area contributed by atoms with Crippen molar-refractivity contribution >= 4 is 17.3 Å². The summed E-state index contributed by atoms with van der Waals surface area (Å²) < 4.78 is 13.1. The zero-order chi connectivity index (χ0) is 20.1.